The molecule has 0 aliphatic carbocycles. The molecule has 0 aliphatic rings. The Balaban J connectivity index is 2.80. The lowest BCUT2D eigenvalue weighted by Gasteiger charge is -2.14. The van der Waals surface area contributed by atoms with Crippen molar-refractivity contribution < 1.29 is 9.47 Å². The van der Waals surface area contributed by atoms with Gasteiger partial charge in [-0.25, -0.2) is 0 Å². The third-order valence-corrected chi connectivity index (χ3v) is 2.85. The molecule has 0 saturated carbocycles. The van der Waals surface area contributed by atoms with E-state index < -0.39 is 0 Å². The molecule has 0 aliphatic heterocycles. The molecular weight excluding hydrogens is 250 g/mol. The van der Waals surface area contributed by atoms with Gasteiger partial charge in [0.15, 0.2) is 11.5 Å². The molecule has 0 fully saturated rings. The predicted molar refractivity (Wildman–Crippen MR) is 75.7 cm³/mol. The highest BCUT2D eigenvalue weighted by Gasteiger charge is 2.10. The lowest BCUT2D eigenvalue weighted by molar-refractivity contribution is 0.310. The van der Waals surface area contributed by atoms with E-state index in [0.717, 1.165) is 24.4 Å². The van der Waals surface area contributed by atoms with Crippen LogP contribution in [0, 0.1) is 5.92 Å². The molecule has 0 amide bonds. The van der Waals surface area contributed by atoms with Crippen molar-refractivity contribution in [1.82, 2.24) is 5.32 Å². The maximum Gasteiger partial charge on any atom is 0.162 e. The predicted octanol–water partition coefficient (Wildman–Crippen LogP) is 3.49. The zero-order valence-electron chi connectivity index (χ0n) is 11.5. The van der Waals surface area contributed by atoms with Crippen molar-refractivity contribution in [3.05, 3.63) is 22.7 Å². The summed E-state index contributed by atoms with van der Waals surface area (Å²) in [6, 6.07) is 3.75. The van der Waals surface area contributed by atoms with Crippen molar-refractivity contribution in [2.45, 2.75) is 27.3 Å². The summed E-state index contributed by atoms with van der Waals surface area (Å²) in [5, 5.41) is 4.07. The van der Waals surface area contributed by atoms with Crippen molar-refractivity contribution in [1.29, 1.82) is 0 Å². The van der Waals surface area contributed by atoms with Crippen molar-refractivity contribution in [2.24, 2.45) is 5.92 Å². The summed E-state index contributed by atoms with van der Waals surface area (Å²) < 4.78 is 10.8. The first kappa shape index (κ1) is 15.1. The van der Waals surface area contributed by atoms with Crippen molar-refractivity contribution in [3.63, 3.8) is 0 Å². The molecule has 0 radical (unpaired) electrons. The highest BCUT2D eigenvalue weighted by atomic mass is 35.5. The molecule has 1 N–H and O–H groups in total. The number of rotatable bonds is 7. The summed E-state index contributed by atoms with van der Waals surface area (Å²) in [7, 11) is 1.62. The van der Waals surface area contributed by atoms with Gasteiger partial charge in [0.1, 0.15) is 0 Å². The normalized spacial score (nSPS) is 10.8. The Labute approximate surface area is 114 Å². The molecule has 0 unspecified atom stereocenters. The molecule has 0 spiro atoms. The van der Waals surface area contributed by atoms with E-state index in [1.54, 1.807) is 13.2 Å². The second-order valence-corrected chi connectivity index (χ2v) is 4.96. The third-order valence-electron chi connectivity index (χ3n) is 2.50. The molecular formula is C14H22ClNO2. The summed E-state index contributed by atoms with van der Waals surface area (Å²) in [5.41, 5.74) is 1.03. The van der Waals surface area contributed by atoms with E-state index in [-0.39, 0.29) is 0 Å². The fourth-order valence-corrected chi connectivity index (χ4v) is 1.86. The van der Waals surface area contributed by atoms with Crippen LogP contribution in [0.5, 0.6) is 11.5 Å². The number of methoxy groups -OCH3 is 1. The van der Waals surface area contributed by atoms with Crippen LogP contribution >= 0.6 is 11.6 Å². The van der Waals surface area contributed by atoms with Gasteiger partial charge in [0, 0.05) is 17.6 Å². The smallest absolute Gasteiger partial charge is 0.162 e. The lowest BCUT2D eigenvalue weighted by Crippen LogP contribution is -2.19. The minimum Gasteiger partial charge on any atom is -0.493 e. The van der Waals surface area contributed by atoms with E-state index in [1.807, 2.05) is 13.0 Å². The van der Waals surface area contributed by atoms with E-state index in [0.29, 0.717) is 23.3 Å². The van der Waals surface area contributed by atoms with Crippen molar-refractivity contribution in [2.75, 3.05) is 20.3 Å². The number of hydrogen-bond acceptors (Lipinski definition) is 3. The topological polar surface area (TPSA) is 30.5 Å². The standard InChI is InChI=1S/C14H22ClNO2/c1-5-18-14-6-11(9-16-8-10(2)3)12(15)7-13(14)17-4/h6-7,10,16H,5,8-9H2,1-4H3. The molecule has 1 rings (SSSR count). The quantitative estimate of drug-likeness (QED) is 0.823. The van der Waals surface area contributed by atoms with Gasteiger partial charge < -0.3 is 14.8 Å². The van der Waals surface area contributed by atoms with Crippen molar-refractivity contribution >= 4 is 11.6 Å². The van der Waals surface area contributed by atoms with E-state index in [9.17, 15) is 0 Å². The number of ether oxygens (including phenoxy) is 2. The number of benzene rings is 1. The van der Waals surface area contributed by atoms with Gasteiger partial charge in [0.2, 0.25) is 0 Å². The maximum absolute atomic E-state index is 6.22. The molecule has 0 aromatic heterocycles. The Hall–Kier alpha value is -0.930. The molecule has 0 bridgehead atoms. The van der Waals surface area contributed by atoms with E-state index in [4.69, 9.17) is 21.1 Å². The summed E-state index contributed by atoms with van der Waals surface area (Å²) in [4.78, 5) is 0. The van der Waals surface area contributed by atoms with Crippen LogP contribution in [0.25, 0.3) is 0 Å². The Bertz CT molecular complexity index is 380. The van der Waals surface area contributed by atoms with Gasteiger partial charge in [-0.05, 0) is 31.0 Å². The van der Waals surface area contributed by atoms with Crippen LogP contribution in [-0.2, 0) is 6.54 Å². The number of nitrogens with one attached hydrogen (secondary N) is 1. The summed E-state index contributed by atoms with van der Waals surface area (Å²) in [5.74, 6) is 2.04. The zero-order chi connectivity index (χ0) is 13.5. The SMILES string of the molecule is CCOc1cc(CNCC(C)C)c(Cl)cc1OC. The fourth-order valence-electron chi connectivity index (χ4n) is 1.64. The maximum atomic E-state index is 6.22. The second kappa shape index (κ2) is 7.49. The summed E-state index contributed by atoms with van der Waals surface area (Å²) in [6.45, 7) is 8.61. The van der Waals surface area contributed by atoms with E-state index >= 15 is 0 Å². The monoisotopic (exact) mass is 271 g/mol. The first-order valence-electron chi connectivity index (χ1n) is 6.28. The molecule has 18 heavy (non-hydrogen) atoms. The van der Waals surface area contributed by atoms with Gasteiger partial charge >= 0.3 is 0 Å². The minimum atomic E-state index is 0.608. The zero-order valence-corrected chi connectivity index (χ0v) is 12.3. The number of hydrogen-bond donors (Lipinski definition) is 1. The molecule has 0 saturated heterocycles. The van der Waals surface area contributed by atoms with E-state index in [1.165, 1.54) is 0 Å². The average molecular weight is 272 g/mol. The van der Waals surface area contributed by atoms with Crippen LogP contribution in [0.15, 0.2) is 12.1 Å². The lowest BCUT2D eigenvalue weighted by atomic mass is 10.1. The largest absolute Gasteiger partial charge is 0.493 e. The molecule has 4 heteroatoms. The molecule has 0 atom stereocenters. The Morgan fingerprint density at radius 1 is 1.28 bits per heavy atom. The molecule has 0 heterocycles. The van der Waals surface area contributed by atoms with Gasteiger partial charge in [-0.1, -0.05) is 25.4 Å². The minimum absolute atomic E-state index is 0.608. The summed E-state index contributed by atoms with van der Waals surface area (Å²) in [6.07, 6.45) is 0. The van der Waals surface area contributed by atoms with Crippen LogP contribution in [0.4, 0.5) is 0 Å². The van der Waals surface area contributed by atoms with Crippen molar-refractivity contribution in [3.8, 4) is 11.5 Å². The molecule has 1 aromatic rings. The highest BCUT2D eigenvalue weighted by molar-refractivity contribution is 6.31. The van der Waals surface area contributed by atoms with Gasteiger partial charge in [-0.2, -0.15) is 0 Å². The van der Waals surface area contributed by atoms with Crippen LogP contribution in [0.3, 0.4) is 0 Å². The fraction of sp³-hybridized carbons (Fsp3) is 0.571. The summed E-state index contributed by atoms with van der Waals surface area (Å²) >= 11 is 6.22. The third kappa shape index (κ3) is 4.39. The van der Waals surface area contributed by atoms with Gasteiger partial charge in [-0.15, -0.1) is 0 Å². The highest BCUT2D eigenvalue weighted by Crippen LogP contribution is 2.33. The molecule has 1 aromatic carbocycles. The van der Waals surface area contributed by atoms with Crippen LogP contribution in [0.1, 0.15) is 26.3 Å². The average Bonchev–Trinajstić information content (AvgIpc) is 2.32. The Morgan fingerprint density at radius 2 is 2.00 bits per heavy atom. The van der Waals surface area contributed by atoms with Gasteiger partial charge in [0.05, 0.1) is 13.7 Å². The molecule has 102 valence electrons. The second-order valence-electron chi connectivity index (χ2n) is 4.55. The van der Waals surface area contributed by atoms with E-state index in [2.05, 4.69) is 19.2 Å². The first-order valence-corrected chi connectivity index (χ1v) is 6.66. The Morgan fingerprint density at radius 3 is 2.56 bits per heavy atom. The van der Waals surface area contributed by atoms with Crippen LogP contribution in [-0.4, -0.2) is 20.3 Å². The van der Waals surface area contributed by atoms with Crippen LogP contribution in [0.2, 0.25) is 5.02 Å². The van der Waals surface area contributed by atoms with Crippen LogP contribution < -0.4 is 14.8 Å². The first-order chi connectivity index (χ1) is 8.58. The number of halogens is 1. The van der Waals surface area contributed by atoms with Gasteiger partial charge in [-0.3, -0.25) is 0 Å². The molecule has 3 nitrogen and oxygen atoms in total. The Kier molecular flexibility index (Phi) is 6.30. The van der Waals surface area contributed by atoms with Gasteiger partial charge in [0.25, 0.3) is 0 Å².